The monoisotopic (exact) mass is 216 g/mol. The number of esters is 1. The van der Waals surface area contributed by atoms with Gasteiger partial charge in [0.1, 0.15) is 12.7 Å². The van der Waals surface area contributed by atoms with Crippen LogP contribution in [0.25, 0.3) is 0 Å². The van der Waals surface area contributed by atoms with Crippen LogP contribution in [-0.2, 0) is 19.0 Å². The van der Waals surface area contributed by atoms with Gasteiger partial charge in [-0.2, -0.15) is 0 Å². The summed E-state index contributed by atoms with van der Waals surface area (Å²) in [7, 11) is 0. The molecule has 1 aliphatic rings. The number of rotatable bonds is 4. The number of ether oxygens (including phenoxy) is 3. The first-order valence-corrected chi connectivity index (χ1v) is 5.43. The van der Waals surface area contributed by atoms with Gasteiger partial charge in [0.2, 0.25) is 0 Å². The maximum absolute atomic E-state index is 11.4. The van der Waals surface area contributed by atoms with E-state index in [0.29, 0.717) is 6.61 Å². The molecule has 0 spiro atoms. The lowest BCUT2D eigenvalue weighted by atomic mass is 10.1. The van der Waals surface area contributed by atoms with E-state index in [0.717, 1.165) is 6.42 Å². The molecule has 0 aromatic carbocycles. The second kappa shape index (κ2) is 4.94. The molecular formula is C11H20O4. The highest BCUT2D eigenvalue weighted by Crippen LogP contribution is 2.22. The van der Waals surface area contributed by atoms with Gasteiger partial charge in [-0.3, -0.25) is 4.79 Å². The minimum absolute atomic E-state index is 0.0414. The molecule has 0 saturated carbocycles. The number of hydrogen-bond acceptors (Lipinski definition) is 4. The zero-order valence-electron chi connectivity index (χ0n) is 9.91. The zero-order valence-corrected chi connectivity index (χ0v) is 9.91. The van der Waals surface area contributed by atoms with E-state index in [1.165, 1.54) is 0 Å². The number of hydrogen-bond donors (Lipinski definition) is 0. The van der Waals surface area contributed by atoms with Crippen molar-refractivity contribution in [2.24, 2.45) is 5.92 Å². The predicted molar refractivity (Wildman–Crippen MR) is 55.3 cm³/mol. The fourth-order valence-corrected chi connectivity index (χ4v) is 1.33. The molecule has 0 aromatic heterocycles. The van der Waals surface area contributed by atoms with Crippen LogP contribution in [0.4, 0.5) is 0 Å². The predicted octanol–water partition coefficient (Wildman–Crippen LogP) is 1.73. The molecule has 2 unspecified atom stereocenters. The molecule has 1 fully saturated rings. The number of carbonyl (C=O) groups is 1. The molecular weight excluding hydrogens is 196 g/mol. The Morgan fingerprint density at radius 1 is 1.60 bits per heavy atom. The van der Waals surface area contributed by atoms with Gasteiger partial charge in [-0.05, 0) is 20.3 Å². The van der Waals surface area contributed by atoms with E-state index >= 15 is 0 Å². The third-order valence-corrected chi connectivity index (χ3v) is 2.49. The standard InChI is InChI=1S/C11H20O4/c1-5-8(2)10(12)13-6-9-7-14-11(3,4)15-9/h8-9H,5-7H2,1-4H3. The normalized spacial score (nSPS) is 26.3. The fourth-order valence-electron chi connectivity index (χ4n) is 1.33. The van der Waals surface area contributed by atoms with E-state index < -0.39 is 5.79 Å². The Morgan fingerprint density at radius 2 is 2.27 bits per heavy atom. The summed E-state index contributed by atoms with van der Waals surface area (Å²) in [6, 6.07) is 0. The highest BCUT2D eigenvalue weighted by atomic mass is 16.7. The van der Waals surface area contributed by atoms with E-state index in [9.17, 15) is 4.79 Å². The summed E-state index contributed by atoms with van der Waals surface area (Å²) < 4.78 is 16.0. The molecule has 15 heavy (non-hydrogen) atoms. The van der Waals surface area contributed by atoms with Crippen molar-refractivity contribution in [3.63, 3.8) is 0 Å². The zero-order chi connectivity index (χ0) is 11.5. The van der Waals surface area contributed by atoms with Crippen molar-refractivity contribution in [3.8, 4) is 0 Å². The molecule has 0 bridgehead atoms. The summed E-state index contributed by atoms with van der Waals surface area (Å²) in [5.41, 5.74) is 0. The lowest BCUT2D eigenvalue weighted by Gasteiger charge is -2.17. The summed E-state index contributed by atoms with van der Waals surface area (Å²) in [4.78, 5) is 11.4. The largest absolute Gasteiger partial charge is 0.463 e. The molecule has 88 valence electrons. The third kappa shape index (κ3) is 3.80. The molecule has 1 rings (SSSR count). The molecule has 1 saturated heterocycles. The second-order valence-electron chi connectivity index (χ2n) is 4.39. The molecule has 0 aromatic rings. The minimum Gasteiger partial charge on any atom is -0.463 e. The van der Waals surface area contributed by atoms with Crippen LogP contribution in [0.15, 0.2) is 0 Å². The van der Waals surface area contributed by atoms with Crippen LogP contribution in [0, 0.1) is 5.92 Å². The molecule has 1 aliphatic heterocycles. The summed E-state index contributed by atoms with van der Waals surface area (Å²) in [6.07, 6.45) is 0.666. The van der Waals surface area contributed by atoms with Crippen LogP contribution < -0.4 is 0 Å². The number of carbonyl (C=O) groups excluding carboxylic acids is 1. The van der Waals surface area contributed by atoms with Gasteiger partial charge in [-0.1, -0.05) is 13.8 Å². The van der Waals surface area contributed by atoms with E-state index in [-0.39, 0.29) is 24.6 Å². The van der Waals surface area contributed by atoms with Crippen LogP contribution in [0.3, 0.4) is 0 Å². The van der Waals surface area contributed by atoms with Crippen LogP contribution in [0.5, 0.6) is 0 Å². The van der Waals surface area contributed by atoms with Gasteiger partial charge in [0.05, 0.1) is 12.5 Å². The van der Waals surface area contributed by atoms with Gasteiger partial charge < -0.3 is 14.2 Å². The van der Waals surface area contributed by atoms with Crippen molar-refractivity contribution in [1.29, 1.82) is 0 Å². The summed E-state index contributed by atoms with van der Waals surface area (Å²) in [6.45, 7) is 8.29. The highest BCUT2D eigenvalue weighted by molar-refractivity contribution is 5.71. The maximum Gasteiger partial charge on any atom is 0.308 e. The summed E-state index contributed by atoms with van der Waals surface area (Å²) >= 11 is 0. The molecule has 4 heteroatoms. The quantitative estimate of drug-likeness (QED) is 0.671. The topological polar surface area (TPSA) is 44.8 Å². The minimum atomic E-state index is -0.548. The molecule has 1 heterocycles. The van der Waals surface area contributed by atoms with Gasteiger partial charge in [-0.25, -0.2) is 0 Å². The van der Waals surface area contributed by atoms with Crippen LogP contribution in [0.1, 0.15) is 34.1 Å². The molecule has 4 nitrogen and oxygen atoms in total. The van der Waals surface area contributed by atoms with E-state index in [1.54, 1.807) is 0 Å². The van der Waals surface area contributed by atoms with Crippen molar-refractivity contribution >= 4 is 5.97 Å². The van der Waals surface area contributed by atoms with E-state index in [2.05, 4.69) is 0 Å². The summed E-state index contributed by atoms with van der Waals surface area (Å²) in [5.74, 6) is -0.751. The smallest absolute Gasteiger partial charge is 0.308 e. The molecule has 0 radical (unpaired) electrons. The van der Waals surface area contributed by atoms with E-state index in [1.807, 2.05) is 27.7 Å². The lowest BCUT2D eigenvalue weighted by Crippen LogP contribution is -2.26. The van der Waals surface area contributed by atoms with Crippen molar-refractivity contribution in [2.45, 2.75) is 46.0 Å². The van der Waals surface area contributed by atoms with Crippen molar-refractivity contribution in [1.82, 2.24) is 0 Å². The first-order chi connectivity index (χ1) is 6.94. The Labute approximate surface area is 90.9 Å². The Kier molecular flexibility index (Phi) is 4.11. The van der Waals surface area contributed by atoms with Gasteiger partial charge in [0, 0.05) is 0 Å². The Hall–Kier alpha value is -0.610. The second-order valence-corrected chi connectivity index (χ2v) is 4.39. The van der Waals surface area contributed by atoms with Gasteiger partial charge in [-0.15, -0.1) is 0 Å². The van der Waals surface area contributed by atoms with Gasteiger partial charge in [0.15, 0.2) is 5.79 Å². The van der Waals surface area contributed by atoms with Crippen molar-refractivity contribution < 1.29 is 19.0 Å². The first-order valence-electron chi connectivity index (χ1n) is 5.43. The van der Waals surface area contributed by atoms with Gasteiger partial charge in [0.25, 0.3) is 0 Å². The Morgan fingerprint density at radius 3 is 2.73 bits per heavy atom. The molecule has 0 N–H and O–H groups in total. The van der Waals surface area contributed by atoms with E-state index in [4.69, 9.17) is 14.2 Å². The maximum atomic E-state index is 11.4. The molecule has 0 amide bonds. The average molecular weight is 216 g/mol. The lowest BCUT2D eigenvalue weighted by molar-refractivity contribution is -0.161. The average Bonchev–Trinajstić information content (AvgIpc) is 2.53. The van der Waals surface area contributed by atoms with Crippen LogP contribution >= 0.6 is 0 Å². The van der Waals surface area contributed by atoms with Crippen molar-refractivity contribution in [2.75, 3.05) is 13.2 Å². The Bertz CT molecular complexity index is 225. The molecule has 0 aliphatic carbocycles. The SMILES string of the molecule is CCC(C)C(=O)OCC1COC(C)(C)O1. The van der Waals surface area contributed by atoms with Gasteiger partial charge >= 0.3 is 5.97 Å². The highest BCUT2D eigenvalue weighted by Gasteiger charge is 2.33. The third-order valence-electron chi connectivity index (χ3n) is 2.49. The fraction of sp³-hybridized carbons (Fsp3) is 0.909. The van der Waals surface area contributed by atoms with Crippen LogP contribution in [-0.4, -0.2) is 31.1 Å². The Balaban J connectivity index is 2.24. The van der Waals surface area contributed by atoms with Crippen molar-refractivity contribution in [3.05, 3.63) is 0 Å². The first kappa shape index (κ1) is 12.5. The summed E-state index contributed by atoms with van der Waals surface area (Å²) in [5, 5.41) is 0. The van der Waals surface area contributed by atoms with Crippen LogP contribution in [0.2, 0.25) is 0 Å². The molecule has 2 atom stereocenters.